The smallest absolute Gasteiger partial charge is 0.405 e. The summed E-state index contributed by atoms with van der Waals surface area (Å²) in [5.41, 5.74) is 0.905. The number of anilines is 1. The van der Waals surface area contributed by atoms with Crippen LogP contribution in [0.4, 0.5) is 23.4 Å². The third kappa shape index (κ3) is 5.98. The van der Waals surface area contributed by atoms with Crippen LogP contribution >= 0.6 is 0 Å². The second-order valence-corrected chi connectivity index (χ2v) is 8.50. The van der Waals surface area contributed by atoms with Gasteiger partial charge in [0.2, 0.25) is 5.71 Å². The molecule has 2 amide bonds. The number of amides is 2. The topological polar surface area (TPSA) is 120 Å². The lowest BCUT2D eigenvalue weighted by atomic mass is 10.00. The first kappa shape index (κ1) is 27.1. The molecule has 1 atom stereocenters. The van der Waals surface area contributed by atoms with Gasteiger partial charge in [0.15, 0.2) is 0 Å². The Morgan fingerprint density at radius 2 is 1.79 bits per heavy atom. The van der Waals surface area contributed by atoms with Crippen molar-refractivity contribution in [3.63, 3.8) is 0 Å². The van der Waals surface area contributed by atoms with Gasteiger partial charge < -0.3 is 20.4 Å². The average Bonchev–Trinajstić information content (AvgIpc) is 3.29. The third-order valence-electron chi connectivity index (χ3n) is 5.68. The number of aromatic nitrogens is 1. The molecule has 2 heterocycles. The van der Waals surface area contributed by atoms with Crippen LogP contribution in [0.2, 0.25) is 0 Å². The molecule has 0 aliphatic carbocycles. The minimum absolute atomic E-state index is 0.0481. The van der Waals surface area contributed by atoms with Crippen LogP contribution in [0.5, 0.6) is 0 Å². The number of halogens is 4. The van der Waals surface area contributed by atoms with E-state index in [2.05, 4.69) is 20.9 Å². The van der Waals surface area contributed by atoms with Crippen molar-refractivity contribution in [3.8, 4) is 28.5 Å². The first-order valence-corrected chi connectivity index (χ1v) is 11.6. The Bertz CT molecular complexity index is 1590. The number of nitrogens with one attached hydrogen (secondary N) is 3. The lowest BCUT2D eigenvalue weighted by Crippen LogP contribution is -2.31. The molecule has 0 saturated carbocycles. The maximum atomic E-state index is 13.5. The number of rotatable bonds is 7. The fourth-order valence-corrected chi connectivity index (χ4v) is 3.86. The van der Waals surface area contributed by atoms with Gasteiger partial charge in [-0.05, 0) is 55.0 Å². The van der Waals surface area contributed by atoms with Crippen molar-refractivity contribution in [1.29, 1.82) is 5.26 Å². The van der Waals surface area contributed by atoms with Crippen molar-refractivity contribution in [2.45, 2.75) is 19.1 Å². The van der Waals surface area contributed by atoms with E-state index in [-0.39, 0.29) is 39.4 Å². The number of hydrogen-bond donors (Lipinski definition) is 3. The summed E-state index contributed by atoms with van der Waals surface area (Å²) in [6.07, 6.45) is -4.57. The molecule has 200 valence electrons. The molecular weight excluding hydrogens is 518 g/mol. The van der Waals surface area contributed by atoms with Crippen LogP contribution in [0.1, 0.15) is 27.6 Å². The predicted molar refractivity (Wildman–Crippen MR) is 135 cm³/mol. The highest BCUT2D eigenvalue weighted by Gasteiger charge is 2.29. The Balaban J connectivity index is 1.93. The lowest BCUT2D eigenvalue weighted by Gasteiger charge is -2.14. The number of carbonyl (C=O) groups is 2. The summed E-state index contributed by atoms with van der Waals surface area (Å²) >= 11 is 0. The van der Waals surface area contributed by atoms with Crippen molar-refractivity contribution < 1.29 is 31.6 Å². The molecule has 0 unspecified atom stereocenters. The van der Waals surface area contributed by atoms with E-state index < -0.39 is 36.4 Å². The standard InChI is InChI=1S/C27H21F4N5O3/c1-14(12-32)35-24(37)17-5-3-4-16(10-17)19-11-20-21(25(38)33-2)22(15-6-8-18(28)9-7-15)39-26(20)36-23(19)34-13-27(29,30)31/h3-11,14H,13H2,1-2H3,(H,33,38)(H,34,36)(H,35,37)/t14-/m0/s1. The molecule has 39 heavy (non-hydrogen) atoms. The molecule has 2 aromatic heterocycles. The summed E-state index contributed by atoms with van der Waals surface area (Å²) in [6, 6.07) is 13.7. The summed E-state index contributed by atoms with van der Waals surface area (Å²) in [7, 11) is 1.40. The molecule has 0 saturated heterocycles. The van der Waals surface area contributed by atoms with Gasteiger partial charge in [0, 0.05) is 23.7 Å². The molecular formula is C27H21F4N5O3. The summed E-state index contributed by atoms with van der Waals surface area (Å²) < 4.78 is 58.7. The van der Waals surface area contributed by atoms with E-state index in [0.717, 1.165) is 0 Å². The first-order chi connectivity index (χ1) is 18.5. The molecule has 2 aromatic carbocycles. The molecule has 0 spiro atoms. The van der Waals surface area contributed by atoms with Crippen LogP contribution in [0.3, 0.4) is 0 Å². The third-order valence-corrected chi connectivity index (χ3v) is 5.68. The quantitative estimate of drug-likeness (QED) is 0.275. The molecule has 3 N–H and O–H groups in total. The SMILES string of the molecule is CNC(=O)c1c(-c2ccc(F)cc2)oc2nc(NCC(F)(F)F)c(-c3cccc(C(=O)N[C@@H](C)C#N)c3)cc12. The Morgan fingerprint density at radius 1 is 1.08 bits per heavy atom. The first-order valence-electron chi connectivity index (χ1n) is 11.6. The Kier molecular flexibility index (Phi) is 7.53. The van der Waals surface area contributed by atoms with Crippen LogP contribution in [-0.4, -0.2) is 42.6 Å². The highest BCUT2D eigenvalue weighted by molar-refractivity contribution is 6.11. The van der Waals surface area contributed by atoms with E-state index in [1.54, 1.807) is 6.07 Å². The van der Waals surface area contributed by atoms with Gasteiger partial charge in [-0.3, -0.25) is 9.59 Å². The van der Waals surface area contributed by atoms with E-state index in [0.29, 0.717) is 11.1 Å². The molecule has 0 aliphatic rings. The van der Waals surface area contributed by atoms with Gasteiger partial charge in [0.25, 0.3) is 11.8 Å². The van der Waals surface area contributed by atoms with Crippen LogP contribution in [0.15, 0.2) is 59.0 Å². The Labute approximate surface area is 219 Å². The van der Waals surface area contributed by atoms with Gasteiger partial charge in [0.1, 0.15) is 30.0 Å². The van der Waals surface area contributed by atoms with Gasteiger partial charge in [-0.25, -0.2) is 4.39 Å². The van der Waals surface area contributed by atoms with Gasteiger partial charge >= 0.3 is 6.18 Å². The number of alkyl halides is 3. The molecule has 0 fully saturated rings. The molecule has 8 nitrogen and oxygen atoms in total. The number of pyridine rings is 1. The summed E-state index contributed by atoms with van der Waals surface area (Å²) in [6.45, 7) is 0.0862. The number of carbonyl (C=O) groups excluding carboxylic acids is 2. The summed E-state index contributed by atoms with van der Waals surface area (Å²) in [5.74, 6) is -1.78. The fourth-order valence-electron chi connectivity index (χ4n) is 3.86. The number of hydrogen-bond acceptors (Lipinski definition) is 6. The van der Waals surface area contributed by atoms with Crippen molar-refractivity contribution in [3.05, 3.63) is 71.5 Å². The normalized spacial score (nSPS) is 12.0. The minimum Gasteiger partial charge on any atom is -0.437 e. The summed E-state index contributed by atoms with van der Waals surface area (Å²) in [4.78, 5) is 29.7. The van der Waals surface area contributed by atoms with Crippen molar-refractivity contribution in [2.24, 2.45) is 0 Å². The second-order valence-electron chi connectivity index (χ2n) is 8.50. The van der Waals surface area contributed by atoms with Crippen LogP contribution < -0.4 is 16.0 Å². The van der Waals surface area contributed by atoms with Crippen molar-refractivity contribution in [2.75, 3.05) is 18.9 Å². The van der Waals surface area contributed by atoms with Crippen LogP contribution in [0, 0.1) is 17.1 Å². The second kappa shape index (κ2) is 10.8. The predicted octanol–water partition coefficient (Wildman–Crippen LogP) is 5.28. The number of nitriles is 1. The zero-order valence-corrected chi connectivity index (χ0v) is 20.6. The van der Waals surface area contributed by atoms with E-state index in [1.807, 2.05) is 6.07 Å². The molecule has 0 aliphatic heterocycles. The molecule has 4 rings (SSSR count). The van der Waals surface area contributed by atoms with Crippen LogP contribution in [-0.2, 0) is 0 Å². The van der Waals surface area contributed by atoms with Gasteiger partial charge in [-0.2, -0.15) is 23.4 Å². The Hall–Kier alpha value is -4.92. The summed E-state index contributed by atoms with van der Waals surface area (Å²) in [5, 5.41) is 16.4. The maximum Gasteiger partial charge on any atom is 0.405 e. The van der Waals surface area contributed by atoms with E-state index >= 15 is 0 Å². The molecule has 0 bridgehead atoms. The average molecular weight is 539 g/mol. The van der Waals surface area contributed by atoms with Crippen molar-refractivity contribution in [1.82, 2.24) is 15.6 Å². The zero-order valence-electron chi connectivity index (χ0n) is 20.6. The number of nitrogens with zero attached hydrogens (tertiary/aromatic N) is 2. The van der Waals surface area contributed by atoms with Gasteiger partial charge in [-0.15, -0.1) is 0 Å². The monoisotopic (exact) mass is 539 g/mol. The molecule has 0 radical (unpaired) electrons. The number of fused-ring (bicyclic) bond motifs is 1. The zero-order chi connectivity index (χ0) is 28.3. The highest BCUT2D eigenvalue weighted by atomic mass is 19.4. The van der Waals surface area contributed by atoms with E-state index in [4.69, 9.17) is 9.68 Å². The fraction of sp³-hybridized carbons (Fsp3) is 0.185. The number of furan rings is 1. The minimum atomic E-state index is -4.57. The lowest BCUT2D eigenvalue weighted by molar-refractivity contribution is -0.115. The van der Waals surface area contributed by atoms with E-state index in [1.165, 1.54) is 62.5 Å². The maximum absolute atomic E-state index is 13.5. The molecule has 12 heteroatoms. The van der Waals surface area contributed by atoms with E-state index in [9.17, 15) is 27.2 Å². The van der Waals surface area contributed by atoms with Gasteiger partial charge in [0.05, 0.1) is 17.0 Å². The Morgan fingerprint density at radius 3 is 2.44 bits per heavy atom. The van der Waals surface area contributed by atoms with Crippen molar-refractivity contribution >= 4 is 28.7 Å². The largest absolute Gasteiger partial charge is 0.437 e. The van der Waals surface area contributed by atoms with Crippen LogP contribution in [0.25, 0.3) is 33.6 Å². The van der Waals surface area contributed by atoms with Gasteiger partial charge in [-0.1, -0.05) is 12.1 Å². The molecule has 4 aromatic rings. The highest BCUT2D eigenvalue weighted by Crippen LogP contribution is 2.38. The number of benzene rings is 2.